The minimum Gasteiger partial charge on any atom is -0.455 e. The van der Waals surface area contributed by atoms with Gasteiger partial charge in [0.1, 0.15) is 11.2 Å². The molecule has 9 aromatic rings. The molecule has 8 aromatic carbocycles. The molecule has 200 valence electrons. The average molecular weight is 555 g/mol. The Bertz CT molecular complexity index is 2870. The Morgan fingerprint density at radius 1 is 0.395 bits per heavy atom. The van der Waals surface area contributed by atoms with Crippen LogP contribution in [0.3, 0.4) is 0 Å². The third kappa shape index (κ3) is 3.72. The van der Waals surface area contributed by atoms with Gasteiger partial charge in [0.05, 0.1) is 11.0 Å². The van der Waals surface area contributed by atoms with E-state index in [4.69, 9.17) is 9.90 Å². The van der Waals surface area contributed by atoms with Gasteiger partial charge in [-0.1, -0.05) is 133 Å². The minimum absolute atomic E-state index is 0.166. The maximum absolute atomic E-state index is 9.28. The van der Waals surface area contributed by atoms with Crippen LogP contribution in [0, 0.1) is 0 Å². The predicted molar refractivity (Wildman–Crippen MR) is 183 cm³/mol. The van der Waals surface area contributed by atoms with Crippen LogP contribution in [0.2, 0.25) is 0 Å². The van der Waals surface area contributed by atoms with Crippen molar-refractivity contribution in [2.24, 2.45) is 0 Å². The molecule has 0 saturated heterocycles. The summed E-state index contributed by atoms with van der Waals surface area (Å²) in [6, 6.07) is 31.8. The Morgan fingerprint density at radius 2 is 0.977 bits per heavy atom. The lowest BCUT2D eigenvalue weighted by molar-refractivity contribution is 0.673. The zero-order valence-corrected chi connectivity index (χ0v) is 22.8. The molecule has 1 heterocycles. The Balaban J connectivity index is 1.47. The first-order chi connectivity index (χ1) is 24.7. The van der Waals surface area contributed by atoms with Gasteiger partial charge >= 0.3 is 0 Å². The van der Waals surface area contributed by atoms with Crippen molar-refractivity contribution < 1.29 is 15.4 Å². The molecule has 43 heavy (non-hydrogen) atoms. The molecule has 0 radical (unpaired) electrons. The molecule has 0 atom stereocenters. The first-order valence-electron chi connectivity index (χ1n) is 18.1. The lowest BCUT2D eigenvalue weighted by atomic mass is 9.85. The molecule has 0 aliphatic rings. The van der Waals surface area contributed by atoms with E-state index < -0.39 is 24.2 Å². The molecule has 1 heteroatoms. The average Bonchev–Trinajstić information content (AvgIpc) is 3.55. The lowest BCUT2D eigenvalue weighted by Gasteiger charge is -2.18. The van der Waals surface area contributed by atoms with E-state index in [-0.39, 0.29) is 51.3 Å². The highest BCUT2D eigenvalue weighted by Gasteiger charge is 2.18. The van der Waals surface area contributed by atoms with Gasteiger partial charge in [0.15, 0.2) is 0 Å². The van der Waals surface area contributed by atoms with Gasteiger partial charge in [-0.05, 0) is 84.6 Å². The molecule has 0 spiro atoms. The second-order valence-electron chi connectivity index (χ2n) is 10.7. The Morgan fingerprint density at radius 3 is 1.70 bits per heavy atom. The second kappa shape index (κ2) is 9.44. The van der Waals surface area contributed by atoms with E-state index in [1.807, 2.05) is 103 Å². The first-order valence-corrected chi connectivity index (χ1v) is 14.1. The number of furan rings is 1. The fraction of sp³-hybridized carbons (Fsp3) is 0. The van der Waals surface area contributed by atoms with Gasteiger partial charge in [-0.15, -0.1) is 0 Å². The summed E-state index contributed by atoms with van der Waals surface area (Å²) in [7, 11) is 0. The number of fused-ring (bicyclic) bond motifs is 7. The predicted octanol–water partition coefficient (Wildman–Crippen LogP) is 12.0. The molecule has 0 aliphatic carbocycles. The van der Waals surface area contributed by atoms with Crippen molar-refractivity contribution in [2.45, 2.75) is 0 Å². The van der Waals surface area contributed by atoms with Gasteiger partial charge in [0.25, 0.3) is 0 Å². The lowest BCUT2D eigenvalue weighted by Crippen LogP contribution is -1.91. The largest absolute Gasteiger partial charge is 0.455 e. The van der Waals surface area contributed by atoms with E-state index in [0.717, 1.165) is 32.7 Å². The number of benzene rings is 8. The maximum Gasteiger partial charge on any atom is 0.143 e. The van der Waals surface area contributed by atoms with Crippen molar-refractivity contribution in [2.75, 3.05) is 0 Å². The van der Waals surface area contributed by atoms with E-state index in [9.17, 15) is 5.48 Å². The SMILES string of the molecule is [2H]c1c([2H])c([2H])c2c(-c3ccc4c(c3)oc3c5ccccc5ccc43)c3c([2H])c([2H])c([2H])c([2H])c3c(-c3cccc(-c4ccccc4)c3)c2c1[2H]. The summed E-state index contributed by atoms with van der Waals surface area (Å²) < 4.78 is 78.5. The van der Waals surface area contributed by atoms with E-state index in [1.54, 1.807) is 6.07 Å². The van der Waals surface area contributed by atoms with Crippen LogP contribution in [0.5, 0.6) is 0 Å². The highest BCUT2D eigenvalue weighted by molar-refractivity contribution is 6.22. The summed E-state index contributed by atoms with van der Waals surface area (Å²) in [6.07, 6.45) is 0. The molecule has 0 fully saturated rings. The van der Waals surface area contributed by atoms with Crippen LogP contribution < -0.4 is 0 Å². The fourth-order valence-electron chi connectivity index (χ4n) is 6.35. The fourth-order valence-corrected chi connectivity index (χ4v) is 6.35. The van der Waals surface area contributed by atoms with Crippen LogP contribution in [0.25, 0.3) is 87.6 Å². The summed E-state index contributed by atoms with van der Waals surface area (Å²) in [5.74, 6) is 0. The summed E-state index contributed by atoms with van der Waals surface area (Å²) in [4.78, 5) is 0. The van der Waals surface area contributed by atoms with Crippen LogP contribution in [0.1, 0.15) is 11.0 Å². The zero-order chi connectivity index (χ0) is 35.3. The van der Waals surface area contributed by atoms with Gasteiger partial charge in [0.2, 0.25) is 0 Å². The van der Waals surface area contributed by atoms with E-state index in [0.29, 0.717) is 27.9 Å². The second-order valence-corrected chi connectivity index (χ2v) is 10.7. The van der Waals surface area contributed by atoms with Gasteiger partial charge in [-0.2, -0.15) is 0 Å². The molecule has 0 aliphatic heterocycles. The van der Waals surface area contributed by atoms with Gasteiger partial charge in [-0.25, -0.2) is 0 Å². The van der Waals surface area contributed by atoms with Crippen molar-refractivity contribution in [1.82, 2.24) is 0 Å². The Hall–Kier alpha value is -5.66. The molecule has 1 nitrogen and oxygen atoms in total. The van der Waals surface area contributed by atoms with E-state index >= 15 is 0 Å². The van der Waals surface area contributed by atoms with Crippen molar-refractivity contribution in [3.05, 3.63) is 158 Å². The highest BCUT2D eigenvalue weighted by Crippen LogP contribution is 2.45. The van der Waals surface area contributed by atoms with Gasteiger partial charge in [0, 0.05) is 16.2 Å². The van der Waals surface area contributed by atoms with Crippen molar-refractivity contribution >= 4 is 54.3 Å². The molecule has 0 unspecified atom stereocenters. The molecule has 9 rings (SSSR count). The van der Waals surface area contributed by atoms with Gasteiger partial charge < -0.3 is 4.42 Å². The molecular formula is C42H26O. The summed E-state index contributed by atoms with van der Waals surface area (Å²) in [5.41, 5.74) is 4.70. The van der Waals surface area contributed by atoms with Crippen molar-refractivity contribution in [3.8, 4) is 33.4 Å². The Kier molecular flexibility index (Phi) is 3.80. The molecule has 1 aromatic heterocycles. The summed E-state index contributed by atoms with van der Waals surface area (Å²) >= 11 is 0. The van der Waals surface area contributed by atoms with E-state index in [2.05, 4.69) is 0 Å². The third-order valence-corrected chi connectivity index (χ3v) is 8.29. The molecule has 0 saturated carbocycles. The third-order valence-electron chi connectivity index (χ3n) is 8.29. The molecule has 0 N–H and O–H groups in total. The number of hydrogen-bond acceptors (Lipinski definition) is 1. The standard InChI is InChI=1S/C42H26O/c1-2-11-27(12-3-1)29-14-10-15-30(25-29)40-34-17-6-8-19-36(34)41(37-20-9-7-18-35(37)40)31-22-23-33-38-24-21-28-13-4-5-16-32(28)42(38)43-39(33)26-31/h1-26H/i6D,7D,8D,9D,17D,18D,19D,20D. The smallest absolute Gasteiger partial charge is 0.143 e. The number of hydrogen-bond donors (Lipinski definition) is 0. The highest BCUT2D eigenvalue weighted by atomic mass is 16.3. The summed E-state index contributed by atoms with van der Waals surface area (Å²) in [6.45, 7) is 0. The van der Waals surface area contributed by atoms with Crippen LogP contribution in [0.15, 0.2) is 162 Å². The van der Waals surface area contributed by atoms with Gasteiger partial charge in [-0.3, -0.25) is 0 Å². The van der Waals surface area contributed by atoms with Crippen molar-refractivity contribution in [1.29, 1.82) is 0 Å². The summed E-state index contributed by atoms with van der Waals surface area (Å²) in [5, 5.41) is 4.44. The van der Waals surface area contributed by atoms with Crippen LogP contribution in [-0.4, -0.2) is 0 Å². The maximum atomic E-state index is 9.28. The topological polar surface area (TPSA) is 13.1 Å². The molecule has 0 amide bonds. The first kappa shape index (κ1) is 17.3. The van der Waals surface area contributed by atoms with E-state index in [1.165, 1.54) is 0 Å². The Labute approximate surface area is 260 Å². The van der Waals surface area contributed by atoms with Crippen LogP contribution >= 0.6 is 0 Å². The monoisotopic (exact) mass is 554 g/mol. The molecular weight excluding hydrogens is 520 g/mol. The van der Waals surface area contributed by atoms with Crippen LogP contribution in [0.4, 0.5) is 0 Å². The molecule has 0 bridgehead atoms. The van der Waals surface area contributed by atoms with Crippen LogP contribution in [-0.2, 0) is 0 Å². The minimum atomic E-state index is -0.436. The van der Waals surface area contributed by atoms with Crippen molar-refractivity contribution in [3.63, 3.8) is 0 Å². The zero-order valence-electron chi connectivity index (χ0n) is 30.8. The number of rotatable bonds is 3. The quantitative estimate of drug-likeness (QED) is 0.198. The normalized spacial score (nSPS) is 14.3.